The third-order valence-electron chi connectivity index (χ3n) is 2.13. The van der Waals surface area contributed by atoms with Crippen LogP contribution in [0.3, 0.4) is 0 Å². The van der Waals surface area contributed by atoms with Crippen molar-refractivity contribution in [2.24, 2.45) is 0 Å². The van der Waals surface area contributed by atoms with E-state index in [-0.39, 0.29) is 11.6 Å². The molecule has 1 heterocycles. The second-order valence-corrected chi connectivity index (χ2v) is 3.15. The van der Waals surface area contributed by atoms with Crippen molar-refractivity contribution in [3.8, 4) is 11.3 Å². The maximum Gasteiger partial charge on any atom is 0.194 e. The lowest BCUT2D eigenvalue weighted by molar-refractivity contribution is 0.110. The summed E-state index contributed by atoms with van der Waals surface area (Å²) in [5.74, 6) is -0.129. The topological polar surface area (TPSA) is 43.1 Å². The summed E-state index contributed by atoms with van der Waals surface area (Å²) < 4.78 is 17.9. The molecule has 0 radical (unpaired) electrons. The van der Waals surface area contributed by atoms with Crippen molar-refractivity contribution in [3.63, 3.8) is 0 Å². The molecule has 0 aliphatic rings. The number of hydrogen-bond acceptors (Lipinski definition) is 3. The van der Waals surface area contributed by atoms with Gasteiger partial charge in [-0.05, 0) is 30.7 Å². The molecule has 3 nitrogen and oxygen atoms in total. The Kier molecular flexibility index (Phi) is 2.33. The van der Waals surface area contributed by atoms with Gasteiger partial charge >= 0.3 is 0 Å². The number of aromatic nitrogens is 1. The second kappa shape index (κ2) is 3.65. The van der Waals surface area contributed by atoms with Gasteiger partial charge in [0.05, 0.1) is 0 Å². The highest BCUT2D eigenvalue weighted by molar-refractivity contribution is 5.82. The predicted octanol–water partition coefficient (Wildman–Crippen LogP) is 2.60. The second-order valence-electron chi connectivity index (χ2n) is 3.15. The molecule has 76 valence electrons. The molecule has 2 aromatic rings. The van der Waals surface area contributed by atoms with Gasteiger partial charge in [0.15, 0.2) is 18.4 Å². The molecule has 0 saturated heterocycles. The third-order valence-corrected chi connectivity index (χ3v) is 2.13. The average Bonchev–Trinajstić information content (AvgIpc) is 2.70. The lowest BCUT2D eigenvalue weighted by Crippen LogP contribution is -1.87. The Morgan fingerprint density at radius 2 is 2.27 bits per heavy atom. The van der Waals surface area contributed by atoms with Gasteiger partial charge in [0.25, 0.3) is 0 Å². The van der Waals surface area contributed by atoms with Crippen LogP contribution in [-0.2, 0) is 0 Å². The van der Waals surface area contributed by atoms with Crippen molar-refractivity contribution in [1.82, 2.24) is 4.98 Å². The lowest BCUT2D eigenvalue weighted by Gasteiger charge is -2.00. The molecule has 4 heteroatoms. The maximum absolute atomic E-state index is 13.0. The minimum Gasteiger partial charge on any atom is -0.440 e. The van der Waals surface area contributed by atoms with Crippen LogP contribution in [0, 0.1) is 12.7 Å². The van der Waals surface area contributed by atoms with Gasteiger partial charge in [0.1, 0.15) is 11.5 Å². The van der Waals surface area contributed by atoms with E-state index in [1.165, 1.54) is 12.5 Å². The molecule has 0 aliphatic heterocycles. The first kappa shape index (κ1) is 9.58. The zero-order chi connectivity index (χ0) is 10.8. The number of halogens is 1. The summed E-state index contributed by atoms with van der Waals surface area (Å²) in [4.78, 5) is 14.5. The van der Waals surface area contributed by atoms with Gasteiger partial charge in [0.2, 0.25) is 0 Å². The van der Waals surface area contributed by atoms with E-state index >= 15 is 0 Å². The van der Waals surface area contributed by atoms with Crippen LogP contribution >= 0.6 is 0 Å². The molecule has 0 spiro atoms. The van der Waals surface area contributed by atoms with Gasteiger partial charge in [-0.2, -0.15) is 0 Å². The molecule has 0 fully saturated rings. The van der Waals surface area contributed by atoms with Crippen molar-refractivity contribution in [2.45, 2.75) is 6.92 Å². The van der Waals surface area contributed by atoms with E-state index in [2.05, 4.69) is 4.98 Å². The number of carbonyl (C=O) groups is 1. The van der Waals surface area contributed by atoms with E-state index in [9.17, 15) is 9.18 Å². The van der Waals surface area contributed by atoms with E-state index in [0.717, 1.165) is 0 Å². The van der Waals surface area contributed by atoms with Crippen molar-refractivity contribution in [1.29, 1.82) is 0 Å². The maximum atomic E-state index is 13.0. The van der Waals surface area contributed by atoms with Crippen LogP contribution in [0.1, 0.15) is 16.1 Å². The van der Waals surface area contributed by atoms with Gasteiger partial charge in [0, 0.05) is 5.56 Å². The van der Waals surface area contributed by atoms with E-state index in [1.54, 1.807) is 19.1 Å². The number of aldehydes is 1. The summed E-state index contributed by atoms with van der Waals surface area (Å²) >= 11 is 0. The summed E-state index contributed by atoms with van der Waals surface area (Å²) in [5.41, 5.74) is 1.62. The zero-order valence-corrected chi connectivity index (χ0v) is 8.03. The molecular weight excluding hydrogens is 197 g/mol. The number of nitrogens with zero attached hydrogens (tertiary/aromatic N) is 1. The smallest absolute Gasteiger partial charge is 0.194 e. The molecule has 0 N–H and O–H groups in total. The Hall–Kier alpha value is -1.97. The van der Waals surface area contributed by atoms with Crippen molar-refractivity contribution in [2.75, 3.05) is 0 Å². The fourth-order valence-electron chi connectivity index (χ4n) is 1.35. The first-order chi connectivity index (χ1) is 7.22. The Morgan fingerprint density at radius 3 is 2.93 bits per heavy atom. The van der Waals surface area contributed by atoms with Crippen LogP contribution in [0.5, 0.6) is 0 Å². The number of aryl methyl sites for hydroxylation is 1. The number of carbonyl (C=O) groups excluding carboxylic acids is 1. The quantitative estimate of drug-likeness (QED) is 0.708. The average molecular weight is 205 g/mol. The van der Waals surface area contributed by atoms with Gasteiger partial charge in [-0.15, -0.1) is 0 Å². The van der Waals surface area contributed by atoms with Crippen LogP contribution in [0.25, 0.3) is 11.3 Å². The van der Waals surface area contributed by atoms with Gasteiger partial charge in [-0.1, -0.05) is 0 Å². The SMILES string of the molecule is Cc1cc(-c2ncoc2C=O)ccc1F. The highest BCUT2D eigenvalue weighted by Gasteiger charge is 2.10. The molecule has 15 heavy (non-hydrogen) atoms. The Labute approximate surface area is 85.6 Å². The number of rotatable bonds is 2. The van der Waals surface area contributed by atoms with Crippen LogP contribution < -0.4 is 0 Å². The van der Waals surface area contributed by atoms with Crippen LogP contribution in [0.2, 0.25) is 0 Å². The first-order valence-corrected chi connectivity index (χ1v) is 4.37. The molecule has 0 atom stereocenters. The minimum absolute atomic E-state index is 0.154. The minimum atomic E-state index is -0.283. The zero-order valence-electron chi connectivity index (χ0n) is 8.03. The summed E-state index contributed by atoms with van der Waals surface area (Å²) in [6.07, 6.45) is 1.78. The molecular formula is C11H8FNO2. The van der Waals surface area contributed by atoms with Gasteiger partial charge in [-0.3, -0.25) is 4.79 Å². The van der Waals surface area contributed by atoms with Crippen LogP contribution in [0.4, 0.5) is 4.39 Å². The largest absolute Gasteiger partial charge is 0.440 e. The summed E-state index contributed by atoms with van der Waals surface area (Å²) in [6.45, 7) is 1.65. The molecule has 0 saturated carbocycles. The summed E-state index contributed by atoms with van der Waals surface area (Å²) in [6, 6.07) is 4.53. The van der Waals surface area contributed by atoms with Gasteiger partial charge in [-0.25, -0.2) is 9.37 Å². The molecule has 0 unspecified atom stereocenters. The van der Waals surface area contributed by atoms with E-state index in [0.29, 0.717) is 23.1 Å². The fourth-order valence-corrected chi connectivity index (χ4v) is 1.35. The Balaban J connectivity index is 2.54. The highest BCUT2D eigenvalue weighted by Crippen LogP contribution is 2.22. The molecule has 1 aromatic heterocycles. The summed E-state index contributed by atoms with van der Waals surface area (Å²) in [5, 5.41) is 0. The van der Waals surface area contributed by atoms with E-state index < -0.39 is 0 Å². The number of oxazole rings is 1. The molecule has 0 aliphatic carbocycles. The lowest BCUT2D eigenvalue weighted by atomic mass is 10.1. The van der Waals surface area contributed by atoms with Crippen molar-refractivity contribution >= 4 is 6.29 Å². The van der Waals surface area contributed by atoms with Crippen LogP contribution in [0.15, 0.2) is 29.0 Å². The molecule has 2 rings (SSSR count). The molecule has 0 amide bonds. The monoisotopic (exact) mass is 205 g/mol. The standard InChI is InChI=1S/C11H8FNO2/c1-7-4-8(2-3-9(7)12)11-10(5-14)15-6-13-11/h2-6H,1H3. The predicted molar refractivity (Wildman–Crippen MR) is 52.0 cm³/mol. The fraction of sp³-hybridized carbons (Fsp3) is 0.0909. The molecule has 1 aromatic carbocycles. The van der Waals surface area contributed by atoms with Crippen molar-refractivity contribution < 1.29 is 13.6 Å². The normalized spacial score (nSPS) is 10.3. The number of benzene rings is 1. The Morgan fingerprint density at radius 1 is 1.47 bits per heavy atom. The Bertz CT molecular complexity index is 505. The van der Waals surface area contributed by atoms with Crippen molar-refractivity contribution in [3.05, 3.63) is 41.7 Å². The van der Waals surface area contributed by atoms with E-state index in [1.807, 2.05) is 0 Å². The van der Waals surface area contributed by atoms with Crippen LogP contribution in [-0.4, -0.2) is 11.3 Å². The summed E-state index contributed by atoms with van der Waals surface area (Å²) in [7, 11) is 0. The number of hydrogen-bond donors (Lipinski definition) is 0. The van der Waals surface area contributed by atoms with Gasteiger partial charge < -0.3 is 4.42 Å². The molecule has 0 bridgehead atoms. The third kappa shape index (κ3) is 1.66. The highest BCUT2D eigenvalue weighted by atomic mass is 19.1. The van der Waals surface area contributed by atoms with E-state index in [4.69, 9.17) is 4.42 Å². The first-order valence-electron chi connectivity index (χ1n) is 4.37.